The second kappa shape index (κ2) is 12.1. The molecule has 1 aliphatic rings. The molecule has 2 heterocycles. The quantitative estimate of drug-likeness (QED) is 0.361. The molecule has 9 nitrogen and oxygen atoms in total. The normalized spacial score (nSPS) is 15.0. The van der Waals surface area contributed by atoms with E-state index in [0.29, 0.717) is 55.3 Å². The Kier molecular flexibility index (Phi) is 8.81. The van der Waals surface area contributed by atoms with Crippen LogP contribution in [0.15, 0.2) is 55.9 Å². The van der Waals surface area contributed by atoms with Crippen LogP contribution in [-0.2, 0) is 9.53 Å². The first-order valence-corrected chi connectivity index (χ1v) is 14.0. The number of allylic oxidation sites excluding steroid dienone is 1. The molecule has 1 N–H and O–H groups in total. The summed E-state index contributed by atoms with van der Waals surface area (Å²) in [7, 11) is 1.45. The zero-order valence-electron chi connectivity index (χ0n) is 22.2. The number of hydrogen-bond donors (Lipinski definition) is 1. The summed E-state index contributed by atoms with van der Waals surface area (Å²) in [6.45, 7) is 8.22. The number of thiazole rings is 1. The lowest BCUT2D eigenvalue weighted by Gasteiger charge is -2.25. The number of hydrogen-bond acceptors (Lipinski definition) is 9. The molecule has 0 aliphatic carbocycles. The number of phenols is 1. The minimum Gasteiger partial charge on any atom is -0.504 e. The summed E-state index contributed by atoms with van der Waals surface area (Å²) in [4.78, 5) is 32.1. The molecule has 0 bridgehead atoms. The molecule has 11 heteroatoms. The van der Waals surface area contributed by atoms with Crippen LogP contribution >= 0.6 is 27.3 Å². The molecule has 0 saturated carbocycles. The summed E-state index contributed by atoms with van der Waals surface area (Å²) in [6, 6.07) is 7.85. The lowest BCUT2D eigenvalue weighted by molar-refractivity contribution is -0.139. The van der Waals surface area contributed by atoms with Crippen molar-refractivity contribution in [2.75, 3.05) is 26.9 Å². The second-order valence-corrected chi connectivity index (χ2v) is 10.3. The number of phenolic OH excluding ortho intramolecular Hbond substituents is 1. The highest BCUT2D eigenvalue weighted by molar-refractivity contribution is 9.10. The van der Waals surface area contributed by atoms with Crippen LogP contribution in [-0.4, -0.2) is 42.6 Å². The third-order valence-electron chi connectivity index (χ3n) is 5.98. The maximum absolute atomic E-state index is 13.9. The number of halogens is 1. The Hall–Kier alpha value is -3.57. The van der Waals surface area contributed by atoms with Gasteiger partial charge in [0, 0.05) is 10.0 Å². The number of methoxy groups -OCH3 is 1. The molecule has 39 heavy (non-hydrogen) atoms. The molecule has 0 fully saturated rings. The molecule has 206 valence electrons. The molecule has 0 amide bonds. The molecule has 0 spiro atoms. The summed E-state index contributed by atoms with van der Waals surface area (Å²) in [6.07, 6.45) is 1.58. The van der Waals surface area contributed by atoms with Crippen LogP contribution in [0, 0.1) is 0 Å². The van der Waals surface area contributed by atoms with Gasteiger partial charge in [-0.1, -0.05) is 33.3 Å². The Morgan fingerprint density at radius 1 is 1.10 bits per heavy atom. The number of ether oxygens (including phenoxy) is 4. The minimum absolute atomic E-state index is 0.0978. The molecular weight excluding hydrogens is 588 g/mol. The van der Waals surface area contributed by atoms with Crippen molar-refractivity contribution in [2.24, 2.45) is 4.99 Å². The number of benzene rings is 2. The summed E-state index contributed by atoms with van der Waals surface area (Å²) in [5, 5.41) is 10.7. The van der Waals surface area contributed by atoms with Gasteiger partial charge in [0.15, 0.2) is 27.8 Å². The van der Waals surface area contributed by atoms with Gasteiger partial charge in [0.05, 0.1) is 48.8 Å². The molecule has 2 aromatic carbocycles. The Morgan fingerprint density at radius 2 is 1.82 bits per heavy atom. The monoisotopic (exact) mass is 616 g/mol. The van der Waals surface area contributed by atoms with Crippen LogP contribution in [0.5, 0.6) is 23.0 Å². The fourth-order valence-electron chi connectivity index (χ4n) is 4.35. The predicted octanol–water partition coefficient (Wildman–Crippen LogP) is 4.07. The number of carbonyl (C=O) groups is 1. The van der Waals surface area contributed by atoms with E-state index < -0.39 is 12.0 Å². The smallest absolute Gasteiger partial charge is 0.338 e. The van der Waals surface area contributed by atoms with Gasteiger partial charge in [-0.3, -0.25) is 9.36 Å². The molecule has 0 unspecified atom stereocenters. The Bertz CT molecular complexity index is 1620. The van der Waals surface area contributed by atoms with E-state index in [9.17, 15) is 14.7 Å². The van der Waals surface area contributed by atoms with E-state index >= 15 is 0 Å². The first-order chi connectivity index (χ1) is 18.7. The van der Waals surface area contributed by atoms with Crippen LogP contribution < -0.4 is 29.1 Å². The third-order valence-corrected chi connectivity index (χ3v) is 7.42. The number of carbonyl (C=O) groups excluding carboxylic acids is 1. The minimum atomic E-state index is -0.817. The van der Waals surface area contributed by atoms with E-state index in [0.717, 1.165) is 11.3 Å². The van der Waals surface area contributed by atoms with Gasteiger partial charge in [-0.05, 0) is 63.6 Å². The summed E-state index contributed by atoms with van der Waals surface area (Å²) >= 11 is 4.57. The van der Waals surface area contributed by atoms with Crippen molar-refractivity contribution in [3.05, 3.63) is 76.9 Å². The number of aromatic nitrogens is 1. The maximum atomic E-state index is 13.9. The topological polar surface area (TPSA) is 109 Å². The fraction of sp³-hybridized carbons (Fsp3) is 0.321. The Balaban J connectivity index is 1.98. The molecule has 0 radical (unpaired) electrons. The van der Waals surface area contributed by atoms with Gasteiger partial charge in [0.1, 0.15) is 0 Å². The third kappa shape index (κ3) is 5.60. The van der Waals surface area contributed by atoms with E-state index in [2.05, 4.69) is 20.9 Å². The van der Waals surface area contributed by atoms with Crippen molar-refractivity contribution >= 4 is 39.3 Å². The molecular formula is C28H29BrN2O7S. The Morgan fingerprint density at radius 3 is 2.49 bits per heavy atom. The number of aromatic hydroxyl groups is 1. The maximum Gasteiger partial charge on any atom is 0.338 e. The van der Waals surface area contributed by atoms with E-state index in [1.165, 1.54) is 11.7 Å². The van der Waals surface area contributed by atoms with Crippen molar-refractivity contribution < 1.29 is 28.8 Å². The second-order valence-electron chi connectivity index (χ2n) is 8.42. The molecule has 3 aromatic rings. The van der Waals surface area contributed by atoms with Crippen molar-refractivity contribution in [1.82, 2.24) is 4.57 Å². The highest BCUT2D eigenvalue weighted by Crippen LogP contribution is 2.37. The van der Waals surface area contributed by atoms with E-state index in [-0.39, 0.29) is 29.2 Å². The molecule has 1 aromatic heterocycles. The predicted molar refractivity (Wildman–Crippen MR) is 152 cm³/mol. The first-order valence-electron chi connectivity index (χ1n) is 12.4. The van der Waals surface area contributed by atoms with Crippen molar-refractivity contribution in [1.29, 1.82) is 0 Å². The number of rotatable bonds is 9. The zero-order valence-corrected chi connectivity index (χ0v) is 24.6. The first kappa shape index (κ1) is 28.4. The lowest BCUT2D eigenvalue weighted by Crippen LogP contribution is -2.40. The average Bonchev–Trinajstić information content (AvgIpc) is 3.20. The zero-order chi connectivity index (χ0) is 28.3. The van der Waals surface area contributed by atoms with Gasteiger partial charge in [-0.15, -0.1) is 0 Å². The van der Waals surface area contributed by atoms with Crippen molar-refractivity contribution in [2.45, 2.75) is 33.7 Å². The summed E-state index contributed by atoms with van der Waals surface area (Å²) in [5.41, 5.74) is 1.37. The highest BCUT2D eigenvalue weighted by Gasteiger charge is 2.34. The molecule has 1 aliphatic heterocycles. The number of esters is 1. The van der Waals surface area contributed by atoms with Gasteiger partial charge in [-0.2, -0.15) is 0 Å². The average molecular weight is 618 g/mol. The van der Waals surface area contributed by atoms with Gasteiger partial charge in [-0.25, -0.2) is 9.79 Å². The van der Waals surface area contributed by atoms with Gasteiger partial charge < -0.3 is 24.1 Å². The number of nitrogens with zero attached hydrogens (tertiary/aromatic N) is 2. The summed E-state index contributed by atoms with van der Waals surface area (Å²) < 4.78 is 24.6. The van der Waals surface area contributed by atoms with Crippen LogP contribution in [0.3, 0.4) is 0 Å². The van der Waals surface area contributed by atoms with Gasteiger partial charge in [0.2, 0.25) is 0 Å². The molecule has 0 saturated heterocycles. The van der Waals surface area contributed by atoms with Gasteiger partial charge >= 0.3 is 5.97 Å². The molecule has 1 atom stereocenters. The Labute approximate surface area is 237 Å². The van der Waals surface area contributed by atoms with Crippen molar-refractivity contribution in [3.63, 3.8) is 0 Å². The molecule has 4 rings (SSSR count). The largest absolute Gasteiger partial charge is 0.504 e. The van der Waals surface area contributed by atoms with Crippen LogP contribution in [0.1, 0.15) is 44.9 Å². The summed E-state index contributed by atoms with van der Waals surface area (Å²) in [5.74, 6) is 0.675. The van der Waals surface area contributed by atoms with E-state index in [4.69, 9.17) is 18.9 Å². The standard InChI is InChI=1S/C28H29BrN2O7S/c1-6-36-19-10-9-16(12-20(19)37-7-2)24-23(27(34)38-8-3)15(4)30-28-31(24)26(33)22(39-28)13-17-11-18(29)14-21(35-5)25(17)32/h9-14,24,32H,6-8H2,1-5H3/b22-13-/t24-/m0/s1. The van der Waals surface area contributed by atoms with Crippen LogP contribution in [0.4, 0.5) is 0 Å². The highest BCUT2D eigenvalue weighted by atomic mass is 79.9. The van der Waals surface area contributed by atoms with E-state index in [1.807, 2.05) is 13.8 Å². The van der Waals surface area contributed by atoms with Crippen molar-refractivity contribution in [3.8, 4) is 23.0 Å². The van der Waals surface area contributed by atoms with Gasteiger partial charge in [0.25, 0.3) is 5.56 Å². The number of fused-ring (bicyclic) bond motifs is 1. The SMILES string of the molecule is CCOC(=O)C1=C(C)N=c2s/c(=C\c3cc(Br)cc(OC)c3O)c(=O)n2[C@H]1c1ccc(OCC)c(OCC)c1. The van der Waals surface area contributed by atoms with Crippen LogP contribution in [0.2, 0.25) is 0 Å². The van der Waals surface area contributed by atoms with Crippen LogP contribution in [0.25, 0.3) is 6.08 Å². The lowest BCUT2D eigenvalue weighted by atomic mass is 9.95. The fourth-order valence-corrected chi connectivity index (χ4v) is 5.84. The van der Waals surface area contributed by atoms with E-state index in [1.54, 1.807) is 50.3 Å².